The van der Waals surface area contributed by atoms with Crippen molar-refractivity contribution in [3.8, 4) is 6.07 Å². The summed E-state index contributed by atoms with van der Waals surface area (Å²) in [6.07, 6.45) is 0.812. The fourth-order valence-electron chi connectivity index (χ4n) is 1.46. The average molecular weight is 278 g/mol. The monoisotopic (exact) mass is 278 g/mol. The van der Waals surface area contributed by atoms with Crippen LogP contribution in [-0.2, 0) is 11.2 Å². The SMILES string of the molecule is CC(C)Cc1ccc(C#N)c(SC(C)(C)C(=O)O)n1. The Balaban J connectivity index is 3.10. The minimum Gasteiger partial charge on any atom is -0.480 e. The summed E-state index contributed by atoms with van der Waals surface area (Å²) in [6.45, 7) is 7.40. The first-order chi connectivity index (χ1) is 8.76. The molecular formula is C14H18N2O2S. The molecule has 1 aromatic heterocycles. The van der Waals surface area contributed by atoms with Crippen LogP contribution in [-0.4, -0.2) is 20.8 Å². The molecule has 0 radical (unpaired) electrons. The van der Waals surface area contributed by atoms with Crippen molar-refractivity contribution >= 4 is 17.7 Å². The standard InChI is InChI=1S/C14H18N2O2S/c1-9(2)7-11-6-5-10(8-15)12(16-11)19-14(3,4)13(17)18/h5-6,9H,7H2,1-4H3,(H,17,18). The molecule has 0 spiro atoms. The molecule has 0 aromatic carbocycles. The van der Waals surface area contributed by atoms with Gasteiger partial charge in [-0.1, -0.05) is 25.6 Å². The molecule has 0 unspecified atom stereocenters. The fourth-order valence-corrected chi connectivity index (χ4v) is 2.42. The van der Waals surface area contributed by atoms with E-state index in [4.69, 9.17) is 10.4 Å². The molecule has 1 aromatic rings. The molecule has 4 nitrogen and oxygen atoms in total. The minimum atomic E-state index is -1.00. The topological polar surface area (TPSA) is 74.0 Å². The lowest BCUT2D eigenvalue weighted by molar-refractivity contribution is -0.138. The Hall–Kier alpha value is -1.54. The molecule has 19 heavy (non-hydrogen) atoms. The van der Waals surface area contributed by atoms with E-state index in [1.165, 1.54) is 0 Å². The van der Waals surface area contributed by atoms with Crippen LogP contribution in [0.2, 0.25) is 0 Å². The Morgan fingerprint density at radius 3 is 2.63 bits per heavy atom. The Bertz CT molecular complexity index is 519. The number of aliphatic carboxylic acids is 1. The summed E-state index contributed by atoms with van der Waals surface area (Å²) in [5.74, 6) is -0.455. The third-order valence-electron chi connectivity index (χ3n) is 2.52. The quantitative estimate of drug-likeness (QED) is 0.838. The Morgan fingerprint density at radius 1 is 1.53 bits per heavy atom. The number of carboxylic acids is 1. The first-order valence-electron chi connectivity index (χ1n) is 6.08. The van der Waals surface area contributed by atoms with Crippen LogP contribution in [0, 0.1) is 17.2 Å². The summed E-state index contributed by atoms with van der Waals surface area (Å²) in [5.41, 5.74) is 1.31. The van der Waals surface area contributed by atoms with Crippen LogP contribution in [0.1, 0.15) is 39.0 Å². The highest BCUT2D eigenvalue weighted by molar-refractivity contribution is 8.01. The van der Waals surface area contributed by atoms with Crippen molar-refractivity contribution in [1.29, 1.82) is 5.26 Å². The lowest BCUT2D eigenvalue weighted by Gasteiger charge is -2.18. The predicted molar refractivity (Wildman–Crippen MR) is 75.1 cm³/mol. The molecule has 102 valence electrons. The molecule has 1 N–H and O–H groups in total. The summed E-state index contributed by atoms with van der Waals surface area (Å²) < 4.78 is -1.00. The summed E-state index contributed by atoms with van der Waals surface area (Å²) in [7, 11) is 0. The van der Waals surface area contributed by atoms with Crippen molar-refractivity contribution in [2.45, 2.75) is 43.9 Å². The predicted octanol–water partition coefficient (Wildman–Crippen LogP) is 3.11. The van der Waals surface area contributed by atoms with Gasteiger partial charge in [-0.2, -0.15) is 5.26 Å². The number of thioether (sulfide) groups is 1. The molecular weight excluding hydrogens is 260 g/mol. The molecule has 0 aliphatic rings. The third kappa shape index (κ3) is 4.25. The maximum Gasteiger partial charge on any atom is 0.319 e. The molecule has 1 rings (SSSR count). The maximum atomic E-state index is 11.2. The van der Waals surface area contributed by atoms with E-state index in [-0.39, 0.29) is 0 Å². The van der Waals surface area contributed by atoms with Gasteiger partial charge in [0.2, 0.25) is 0 Å². The highest BCUT2D eigenvalue weighted by Crippen LogP contribution is 2.33. The van der Waals surface area contributed by atoms with Gasteiger partial charge in [-0.15, -0.1) is 0 Å². The maximum absolute atomic E-state index is 11.2. The first-order valence-corrected chi connectivity index (χ1v) is 6.90. The summed E-state index contributed by atoms with van der Waals surface area (Å²) in [5, 5.41) is 18.7. The number of nitriles is 1. The van der Waals surface area contributed by atoms with Gasteiger partial charge in [0, 0.05) is 5.69 Å². The number of carboxylic acid groups (broad SMARTS) is 1. The van der Waals surface area contributed by atoms with E-state index in [2.05, 4.69) is 24.9 Å². The minimum absolute atomic E-state index is 0.423. The molecule has 1 heterocycles. The van der Waals surface area contributed by atoms with Crippen molar-refractivity contribution in [2.75, 3.05) is 0 Å². The van der Waals surface area contributed by atoms with Gasteiger partial charge in [0.15, 0.2) is 0 Å². The van der Waals surface area contributed by atoms with E-state index in [1.54, 1.807) is 19.9 Å². The van der Waals surface area contributed by atoms with Crippen LogP contribution in [0.15, 0.2) is 17.2 Å². The normalized spacial score (nSPS) is 11.4. The number of hydrogen-bond donors (Lipinski definition) is 1. The van der Waals surface area contributed by atoms with Gasteiger partial charge in [0.25, 0.3) is 0 Å². The zero-order valence-electron chi connectivity index (χ0n) is 11.6. The highest BCUT2D eigenvalue weighted by Gasteiger charge is 2.30. The van der Waals surface area contributed by atoms with Crippen molar-refractivity contribution < 1.29 is 9.90 Å². The van der Waals surface area contributed by atoms with Gasteiger partial charge in [-0.25, -0.2) is 4.98 Å². The largest absolute Gasteiger partial charge is 0.480 e. The number of nitrogens with zero attached hydrogens (tertiary/aromatic N) is 2. The van der Waals surface area contributed by atoms with E-state index in [0.717, 1.165) is 23.9 Å². The fraction of sp³-hybridized carbons (Fsp3) is 0.500. The summed E-state index contributed by atoms with van der Waals surface area (Å²) in [6, 6.07) is 5.60. The van der Waals surface area contributed by atoms with Gasteiger partial charge < -0.3 is 5.11 Å². The van der Waals surface area contributed by atoms with Crippen molar-refractivity contribution in [3.05, 3.63) is 23.4 Å². The summed E-state index contributed by atoms with van der Waals surface area (Å²) in [4.78, 5) is 15.6. The van der Waals surface area contributed by atoms with E-state index < -0.39 is 10.7 Å². The van der Waals surface area contributed by atoms with Crippen LogP contribution >= 0.6 is 11.8 Å². The van der Waals surface area contributed by atoms with E-state index >= 15 is 0 Å². The number of hydrogen-bond acceptors (Lipinski definition) is 4. The van der Waals surface area contributed by atoms with E-state index in [9.17, 15) is 4.79 Å². The van der Waals surface area contributed by atoms with Crippen molar-refractivity contribution in [2.24, 2.45) is 5.92 Å². The Kier molecular flexibility index (Phi) is 4.96. The smallest absolute Gasteiger partial charge is 0.319 e. The third-order valence-corrected chi connectivity index (χ3v) is 3.71. The number of pyridine rings is 1. The van der Waals surface area contributed by atoms with Gasteiger partial charge in [-0.05, 0) is 38.3 Å². The zero-order valence-corrected chi connectivity index (χ0v) is 12.4. The van der Waals surface area contributed by atoms with Gasteiger partial charge in [-0.3, -0.25) is 4.79 Å². The van der Waals surface area contributed by atoms with Gasteiger partial charge >= 0.3 is 5.97 Å². The highest BCUT2D eigenvalue weighted by atomic mass is 32.2. The van der Waals surface area contributed by atoms with Crippen LogP contribution in [0.5, 0.6) is 0 Å². The second-order valence-corrected chi connectivity index (χ2v) is 6.89. The second kappa shape index (κ2) is 6.07. The zero-order chi connectivity index (χ0) is 14.6. The van der Waals surface area contributed by atoms with Crippen molar-refractivity contribution in [3.63, 3.8) is 0 Å². The first kappa shape index (κ1) is 15.5. The van der Waals surface area contributed by atoms with Crippen LogP contribution in [0.25, 0.3) is 0 Å². The molecule has 0 fully saturated rings. The van der Waals surface area contributed by atoms with Crippen molar-refractivity contribution in [1.82, 2.24) is 4.98 Å². The molecule has 0 saturated carbocycles. The number of carbonyl (C=O) groups is 1. The molecule has 5 heteroatoms. The molecule has 0 saturated heterocycles. The number of rotatable bonds is 5. The van der Waals surface area contributed by atoms with Gasteiger partial charge in [0.1, 0.15) is 15.8 Å². The van der Waals surface area contributed by atoms with Crippen LogP contribution in [0.4, 0.5) is 0 Å². The molecule has 0 bridgehead atoms. The summed E-state index contributed by atoms with van der Waals surface area (Å²) >= 11 is 1.11. The van der Waals surface area contributed by atoms with Gasteiger partial charge in [0.05, 0.1) is 5.56 Å². The van der Waals surface area contributed by atoms with E-state index in [0.29, 0.717) is 16.5 Å². The molecule has 0 amide bonds. The second-order valence-electron chi connectivity index (χ2n) is 5.28. The lowest BCUT2D eigenvalue weighted by atomic mass is 10.1. The lowest BCUT2D eigenvalue weighted by Crippen LogP contribution is -2.27. The molecule has 0 atom stereocenters. The number of aromatic nitrogens is 1. The molecule has 0 aliphatic heterocycles. The average Bonchev–Trinajstić information content (AvgIpc) is 2.27. The van der Waals surface area contributed by atoms with E-state index in [1.807, 2.05) is 6.07 Å². The van der Waals surface area contributed by atoms with Crippen LogP contribution in [0.3, 0.4) is 0 Å². The Morgan fingerprint density at radius 2 is 2.16 bits per heavy atom. The Labute approximate surface area is 117 Å². The van der Waals surface area contributed by atoms with Crippen LogP contribution < -0.4 is 0 Å². The molecule has 0 aliphatic carbocycles.